The zero-order valence-electron chi connectivity index (χ0n) is 14.2. The van der Waals surface area contributed by atoms with Gasteiger partial charge in [0.05, 0.1) is 18.5 Å². The lowest BCUT2D eigenvalue weighted by Crippen LogP contribution is -1.99. The van der Waals surface area contributed by atoms with E-state index < -0.39 is 0 Å². The molecule has 0 aliphatic carbocycles. The standard InChI is InChI=1S/C20H17N5O/c1-26-18-11-15(12-23-19(18)21)20-24-17(14-5-3-2-4-6-14)13-25(20)16-7-9-22-10-8-16/h2-13H,1H3,(H2,21,23). The highest BCUT2D eigenvalue weighted by Crippen LogP contribution is 2.30. The number of hydrogen-bond donors (Lipinski definition) is 1. The number of rotatable bonds is 4. The van der Waals surface area contributed by atoms with Gasteiger partial charge in [0.15, 0.2) is 11.6 Å². The van der Waals surface area contributed by atoms with Crippen LogP contribution < -0.4 is 10.5 Å². The third kappa shape index (κ3) is 2.88. The molecule has 0 radical (unpaired) electrons. The van der Waals surface area contributed by atoms with Gasteiger partial charge in [0.25, 0.3) is 0 Å². The van der Waals surface area contributed by atoms with E-state index in [1.807, 2.05) is 59.3 Å². The number of ether oxygens (including phenoxy) is 1. The maximum absolute atomic E-state index is 5.85. The van der Waals surface area contributed by atoms with Crippen LogP contribution in [0.4, 0.5) is 5.82 Å². The third-order valence-corrected chi connectivity index (χ3v) is 4.08. The Kier molecular flexibility index (Phi) is 4.07. The van der Waals surface area contributed by atoms with Crippen molar-refractivity contribution in [2.45, 2.75) is 0 Å². The van der Waals surface area contributed by atoms with Crippen LogP contribution in [0.25, 0.3) is 28.3 Å². The molecule has 4 rings (SSSR count). The van der Waals surface area contributed by atoms with Crippen molar-refractivity contribution in [3.05, 3.63) is 73.3 Å². The lowest BCUT2D eigenvalue weighted by Gasteiger charge is -2.09. The van der Waals surface area contributed by atoms with Gasteiger partial charge in [-0.1, -0.05) is 30.3 Å². The minimum Gasteiger partial charge on any atom is -0.493 e. The number of hydrogen-bond acceptors (Lipinski definition) is 5. The van der Waals surface area contributed by atoms with Crippen molar-refractivity contribution in [3.8, 4) is 34.1 Å². The predicted octanol–water partition coefficient (Wildman–Crippen LogP) is 3.59. The zero-order chi connectivity index (χ0) is 17.9. The average Bonchev–Trinajstić information content (AvgIpc) is 3.15. The number of anilines is 1. The summed E-state index contributed by atoms with van der Waals surface area (Å²) < 4.78 is 7.32. The van der Waals surface area contributed by atoms with E-state index in [4.69, 9.17) is 15.5 Å². The Morgan fingerprint density at radius 3 is 2.50 bits per heavy atom. The number of nitrogen functional groups attached to an aromatic ring is 1. The molecule has 26 heavy (non-hydrogen) atoms. The fourth-order valence-electron chi connectivity index (χ4n) is 2.77. The third-order valence-electron chi connectivity index (χ3n) is 4.08. The van der Waals surface area contributed by atoms with Gasteiger partial charge in [-0.15, -0.1) is 0 Å². The number of benzene rings is 1. The molecule has 6 heteroatoms. The molecule has 0 atom stereocenters. The Balaban J connectivity index is 1.91. The molecule has 128 valence electrons. The van der Waals surface area contributed by atoms with Crippen LogP contribution in [-0.4, -0.2) is 26.6 Å². The Labute approximate surface area is 150 Å². The van der Waals surface area contributed by atoms with Gasteiger partial charge in [-0.2, -0.15) is 0 Å². The van der Waals surface area contributed by atoms with Crippen molar-refractivity contribution in [3.63, 3.8) is 0 Å². The van der Waals surface area contributed by atoms with E-state index in [9.17, 15) is 0 Å². The van der Waals surface area contributed by atoms with Crippen LogP contribution in [-0.2, 0) is 0 Å². The van der Waals surface area contributed by atoms with Gasteiger partial charge in [0.1, 0.15) is 5.82 Å². The van der Waals surface area contributed by atoms with E-state index in [1.54, 1.807) is 25.7 Å². The van der Waals surface area contributed by atoms with Crippen LogP contribution in [0.15, 0.2) is 73.3 Å². The van der Waals surface area contributed by atoms with E-state index in [0.717, 1.165) is 28.3 Å². The lowest BCUT2D eigenvalue weighted by atomic mass is 10.2. The van der Waals surface area contributed by atoms with Gasteiger partial charge in [0.2, 0.25) is 0 Å². The van der Waals surface area contributed by atoms with Crippen LogP contribution in [0.2, 0.25) is 0 Å². The second-order valence-electron chi connectivity index (χ2n) is 5.70. The van der Waals surface area contributed by atoms with Crippen LogP contribution >= 0.6 is 0 Å². The monoisotopic (exact) mass is 343 g/mol. The first kappa shape index (κ1) is 15.8. The van der Waals surface area contributed by atoms with Crippen molar-refractivity contribution in [2.24, 2.45) is 0 Å². The summed E-state index contributed by atoms with van der Waals surface area (Å²) in [7, 11) is 1.57. The number of methoxy groups -OCH3 is 1. The minimum atomic E-state index is 0.349. The fourth-order valence-corrected chi connectivity index (χ4v) is 2.77. The number of aromatic nitrogens is 4. The SMILES string of the molecule is COc1cc(-c2nc(-c3ccccc3)cn2-c2ccncc2)cnc1N. The minimum absolute atomic E-state index is 0.349. The van der Waals surface area contributed by atoms with E-state index >= 15 is 0 Å². The average molecular weight is 343 g/mol. The largest absolute Gasteiger partial charge is 0.493 e. The van der Waals surface area contributed by atoms with Crippen molar-refractivity contribution in [2.75, 3.05) is 12.8 Å². The summed E-state index contributed by atoms with van der Waals surface area (Å²) in [5.41, 5.74) is 9.53. The molecule has 1 aromatic carbocycles. The van der Waals surface area contributed by atoms with Crippen molar-refractivity contribution in [1.29, 1.82) is 0 Å². The van der Waals surface area contributed by atoms with Gasteiger partial charge >= 0.3 is 0 Å². The first-order chi connectivity index (χ1) is 12.8. The smallest absolute Gasteiger partial charge is 0.166 e. The number of nitrogens with two attached hydrogens (primary N) is 1. The summed E-state index contributed by atoms with van der Waals surface area (Å²) in [6, 6.07) is 15.7. The molecular formula is C20H17N5O. The number of pyridine rings is 2. The normalized spacial score (nSPS) is 10.7. The molecule has 0 saturated heterocycles. The fraction of sp³-hybridized carbons (Fsp3) is 0.0500. The first-order valence-electron chi connectivity index (χ1n) is 8.11. The second-order valence-corrected chi connectivity index (χ2v) is 5.70. The molecule has 2 N–H and O–H groups in total. The molecule has 0 amide bonds. The van der Waals surface area contributed by atoms with Crippen LogP contribution in [0, 0.1) is 0 Å². The Morgan fingerprint density at radius 2 is 1.77 bits per heavy atom. The molecule has 4 aromatic rings. The molecule has 0 aliphatic heterocycles. The predicted molar refractivity (Wildman–Crippen MR) is 101 cm³/mol. The summed E-state index contributed by atoms with van der Waals surface area (Å²) >= 11 is 0. The summed E-state index contributed by atoms with van der Waals surface area (Å²) in [5.74, 6) is 1.62. The van der Waals surface area contributed by atoms with Gasteiger partial charge in [-0.3, -0.25) is 9.55 Å². The lowest BCUT2D eigenvalue weighted by molar-refractivity contribution is 0.415. The molecule has 0 saturated carbocycles. The highest BCUT2D eigenvalue weighted by atomic mass is 16.5. The second kappa shape index (κ2) is 6.68. The molecular weight excluding hydrogens is 326 g/mol. The topological polar surface area (TPSA) is 78.8 Å². The van der Waals surface area contributed by atoms with E-state index in [-0.39, 0.29) is 0 Å². The highest BCUT2D eigenvalue weighted by molar-refractivity contribution is 5.69. The molecule has 6 nitrogen and oxygen atoms in total. The van der Waals surface area contributed by atoms with E-state index in [2.05, 4.69) is 9.97 Å². The van der Waals surface area contributed by atoms with Gasteiger partial charge in [-0.25, -0.2) is 9.97 Å². The van der Waals surface area contributed by atoms with Crippen molar-refractivity contribution in [1.82, 2.24) is 19.5 Å². The van der Waals surface area contributed by atoms with Crippen molar-refractivity contribution < 1.29 is 4.74 Å². The molecule has 0 bridgehead atoms. The van der Waals surface area contributed by atoms with Gasteiger partial charge in [0, 0.05) is 35.9 Å². The summed E-state index contributed by atoms with van der Waals surface area (Å²) in [5, 5.41) is 0. The molecule has 0 unspecified atom stereocenters. The first-order valence-corrected chi connectivity index (χ1v) is 8.11. The maximum atomic E-state index is 5.85. The quantitative estimate of drug-likeness (QED) is 0.612. The van der Waals surface area contributed by atoms with Gasteiger partial charge < -0.3 is 10.5 Å². The molecule has 3 heterocycles. The van der Waals surface area contributed by atoms with Gasteiger partial charge in [-0.05, 0) is 18.2 Å². The molecule has 0 spiro atoms. The molecule has 3 aromatic heterocycles. The summed E-state index contributed by atoms with van der Waals surface area (Å²) in [6.07, 6.45) is 7.21. The number of imidazole rings is 1. The molecule has 0 fully saturated rings. The van der Waals surface area contributed by atoms with Crippen LogP contribution in [0.1, 0.15) is 0 Å². The highest BCUT2D eigenvalue weighted by Gasteiger charge is 2.15. The van der Waals surface area contributed by atoms with Crippen molar-refractivity contribution >= 4 is 5.82 Å². The van der Waals surface area contributed by atoms with Crippen LogP contribution in [0.5, 0.6) is 5.75 Å². The Hall–Kier alpha value is -3.67. The van der Waals surface area contributed by atoms with Crippen LogP contribution in [0.3, 0.4) is 0 Å². The summed E-state index contributed by atoms with van der Waals surface area (Å²) in [6.45, 7) is 0. The van der Waals surface area contributed by atoms with E-state index in [1.165, 1.54) is 0 Å². The number of nitrogens with zero attached hydrogens (tertiary/aromatic N) is 4. The zero-order valence-corrected chi connectivity index (χ0v) is 14.2. The Morgan fingerprint density at radius 1 is 1.00 bits per heavy atom. The molecule has 0 aliphatic rings. The van der Waals surface area contributed by atoms with E-state index in [0.29, 0.717) is 11.6 Å². The maximum Gasteiger partial charge on any atom is 0.166 e. The Bertz CT molecular complexity index is 1030. The summed E-state index contributed by atoms with van der Waals surface area (Å²) in [4.78, 5) is 13.2.